The molecule has 0 bridgehead atoms. The van der Waals surface area contributed by atoms with E-state index in [2.05, 4.69) is 17.7 Å². The van der Waals surface area contributed by atoms with Gasteiger partial charge in [-0.05, 0) is 24.8 Å². The van der Waals surface area contributed by atoms with Gasteiger partial charge in [-0.15, -0.1) is 0 Å². The molecular formula is C18H32O3. The van der Waals surface area contributed by atoms with Gasteiger partial charge in [0.15, 0.2) is 0 Å². The minimum absolute atomic E-state index is 0.467. The number of rotatable bonds is 1. The zero-order valence-electron chi connectivity index (χ0n) is 13.9. The molecule has 0 saturated carbocycles. The normalized spacial score (nSPS) is 23.3. The molecule has 0 saturated heterocycles. The number of hydrogen-bond acceptors (Lipinski definition) is 3. The maximum absolute atomic E-state index is 11.3. The van der Waals surface area contributed by atoms with E-state index in [1.165, 1.54) is 71.3 Å². The van der Waals surface area contributed by atoms with Gasteiger partial charge in [0.1, 0.15) is 5.76 Å². The van der Waals surface area contributed by atoms with Crippen molar-refractivity contribution in [2.45, 2.75) is 84.0 Å². The first kappa shape index (κ1) is 18.1. The Hall–Kier alpha value is -0.990. The second kappa shape index (κ2) is 11.6. The van der Waals surface area contributed by atoms with Crippen LogP contribution in [0.3, 0.4) is 0 Å². The molecule has 21 heavy (non-hydrogen) atoms. The van der Waals surface area contributed by atoms with Gasteiger partial charge >= 0.3 is 6.16 Å². The van der Waals surface area contributed by atoms with E-state index in [1.807, 2.05) is 0 Å². The van der Waals surface area contributed by atoms with Crippen molar-refractivity contribution in [1.82, 2.24) is 0 Å². The van der Waals surface area contributed by atoms with Crippen LogP contribution in [0.4, 0.5) is 4.79 Å². The summed E-state index contributed by atoms with van der Waals surface area (Å²) in [7, 11) is 1.36. The van der Waals surface area contributed by atoms with Gasteiger partial charge in [0.2, 0.25) is 0 Å². The Labute approximate surface area is 130 Å². The molecule has 0 aromatic carbocycles. The number of carbonyl (C=O) groups is 1. The van der Waals surface area contributed by atoms with Gasteiger partial charge in [-0.1, -0.05) is 64.7 Å². The molecule has 0 heterocycles. The van der Waals surface area contributed by atoms with Crippen molar-refractivity contribution in [2.75, 3.05) is 7.11 Å². The van der Waals surface area contributed by atoms with Crippen LogP contribution >= 0.6 is 0 Å². The molecule has 3 heteroatoms. The van der Waals surface area contributed by atoms with Crippen molar-refractivity contribution in [1.29, 1.82) is 0 Å². The predicted molar refractivity (Wildman–Crippen MR) is 86.1 cm³/mol. The standard InChI is InChI=1S/C18H32O3/c1-16-13-11-9-7-5-3-4-6-8-10-12-14-17(15-16)21-18(19)20-2/h15-16H,3-14H2,1-2H3. The fourth-order valence-corrected chi connectivity index (χ4v) is 2.90. The Morgan fingerprint density at radius 3 is 2.05 bits per heavy atom. The van der Waals surface area contributed by atoms with Crippen LogP contribution in [0.2, 0.25) is 0 Å². The third kappa shape index (κ3) is 9.54. The van der Waals surface area contributed by atoms with Gasteiger partial charge in [0, 0.05) is 6.42 Å². The van der Waals surface area contributed by atoms with E-state index in [-0.39, 0.29) is 0 Å². The average molecular weight is 296 g/mol. The number of allylic oxidation sites excluding steroid dienone is 2. The first-order valence-electron chi connectivity index (χ1n) is 8.69. The maximum Gasteiger partial charge on any atom is 0.513 e. The molecule has 122 valence electrons. The minimum atomic E-state index is -0.591. The lowest BCUT2D eigenvalue weighted by Crippen LogP contribution is -2.06. The summed E-state index contributed by atoms with van der Waals surface area (Å²) >= 11 is 0. The highest BCUT2D eigenvalue weighted by Crippen LogP contribution is 2.20. The lowest BCUT2D eigenvalue weighted by atomic mass is 10.0. The highest BCUT2D eigenvalue weighted by Gasteiger charge is 2.09. The Morgan fingerprint density at radius 1 is 0.952 bits per heavy atom. The molecule has 3 nitrogen and oxygen atoms in total. The fraction of sp³-hybridized carbons (Fsp3) is 0.833. The SMILES string of the molecule is COC(=O)OC1=CC(C)CCCCCCCCCCCC1. The Bertz CT molecular complexity index is 310. The second-order valence-electron chi connectivity index (χ2n) is 6.24. The van der Waals surface area contributed by atoms with Gasteiger partial charge in [-0.2, -0.15) is 0 Å². The van der Waals surface area contributed by atoms with Crippen molar-refractivity contribution < 1.29 is 14.3 Å². The summed E-state index contributed by atoms with van der Waals surface area (Å²) in [5, 5.41) is 0. The zero-order chi connectivity index (χ0) is 15.3. The average Bonchev–Trinajstić information content (AvgIpc) is 2.47. The van der Waals surface area contributed by atoms with E-state index in [9.17, 15) is 4.79 Å². The molecule has 0 amide bonds. The second-order valence-corrected chi connectivity index (χ2v) is 6.24. The molecule has 0 spiro atoms. The van der Waals surface area contributed by atoms with Crippen LogP contribution in [0, 0.1) is 5.92 Å². The van der Waals surface area contributed by atoms with Gasteiger partial charge in [0.05, 0.1) is 7.11 Å². The predicted octanol–water partition coefficient (Wildman–Crippen LogP) is 5.98. The zero-order valence-corrected chi connectivity index (χ0v) is 13.9. The summed E-state index contributed by atoms with van der Waals surface area (Å²) in [6.45, 7) is 2.21. The maximum atomic E-state index is 11.3. The Morgan fingerprint density at radius 2 is 1.48 bits per heavy atom. The van der Waals surface area contributed by atoms with Crippen molar-refractivity contribution >= 4 is 6.16 Å². The molecule has 1 atom stereocenters. The molecule has 0 radical (unpaired) electrons. The van der Waals surface area contributed by atoms with Gasteiger partial charge < -0.3 is 9.47 Å². The summed E-state index contributed by atoms with van der Waals surface area (Å²) in [6, 6.07) is 0. The number of hydrogen-bond donors (Lipinski definition) is 0. The highest BCUT2D eigenvalue weighted by molar-refractivity contribution is 5.61. The Kier molecular flexibility index (Phi) is 10.0. The first-order valence-corrected chi connectivity index (χ1v) is 8.69. The topological polar surface area (TPSA) is 35.5 Å². The van der Waals surface area contributed by atoms with Crippen molar-refractivity contribution in [3.8, 4) is 0 Å². The quantitative estimate of drug-likeness (QED) is 0.558. The van der Waals surface area contributed by atoms with Crippen LogP contribution in [0.15, 0.2) is 11.8 Å². The number of ether oxygens (including phenoxy) is 2. The summed E-state index contributed by atoms with van der Waals surface area (Å²) in [5.41, 5.74) is 0. The monoisotopic (exact) mass is 296 g/mol. The van der Waals surface area contributed by atoms with Gasteiger partial charge in [-0.25, -0.2) is 4.79 Å². The van der Waals surface area contributed by atoms with Crippen LogP contribution in [0.5, 0.6) is 0 Å². The molecular weight excluding hydrogens is 264 g/mol. The van der Waals surface area contributed by atoms with E-state index in [1.54, 1.807) is 0 Å². The highest BCUT2D eigenvalue weighted by atomic mass is 16.7. The van der Waals surface area contributed by atoms with E-state index < -0.39 is 6.16 Å². The molecule has 0 aliphatic heterocycles. The molecule has 0 N–H and O–H groups in total. The number of methoxy groups -OCH3 is 1. The van der Waals surface area contributed by atoms with E-state index >= 15 is 0 Å². The number of carbonyl (C=O) groups excluding carboxylic acids is 1. The molecule has 0 aromatic rings. The molecule has 1 unspecified atom stereocenters. The molecule has 1 aliphatic rings. The summed E-state index contributed by atoms with van der Waals surface area (Å²) in [5.74, 6) is 1.26. The van der Waals surface area contributed by atoms with Crippen molar-refractivity contribution in [3.05, 3.63) is 11.8 Å². The minimum Gasteiger partial charge on any atom is -0.437 e. The summed E-state index contributed by atoms with van der Waals surface area (Å²) in [4.78, 5) is 11.3. The third-order valence-electron chi connectivity index (χ3n) is 4.18. The van der Waals surface area contributed by atoms with Crippen LogP contribution in [0.25, 0.3) is 0 Å². The smallest absolute Gasteiger partial charge is 0.437 e. The summed E-state index contributed by atoms with van der Waals surface area (Å²) in [6.07, 6.45) is 16.6. The van der Waals surface area contributed by atoms with E-state index in [0.717, 1.165) is 18.6 Å². The van der Waals surface area contributed by atoms with Gasteiger partial charge in [0.25, 0.3) is 0 Å². The van der Waals surface area contributed by atoms with Crippen LogP contribution < -0.4 is 0 Å². The van der Waals surface area contributed by atoms with E-state index in [4.69, 9.17) is 4.74 Å². The van der Waals surface area contributed by atoms with Crippen LogP contribution in [-0.4, -0.2) is 13.3 Å². The van der Waals surface area contributed by atoms with Crippen molar-refractivity contribution in [2.24, 2.45) is 5.92 Å². The van der Waals surface area contributed by atoms with E-state index in [0.29, 0.717) is 5.92 Å². The fourth-order valence-electron chi connectivity index (χ4n) is 2.90. The third-order valence-corrected chi connectivity index (χ3v) is 4.18. The Balaban J connectivity index is 2.52. The van der Waals surface area contributed by atoms with Crippen molar-refractivity contribution in [3.63, 3.8) is 0 Å². The molecule has 0 fully saturated rings. The summed E-state index contributed by atoms with van der Waals surface area (Å²) < 4.78 is 9.91. The molecule has 1 rings (SSSR count). The largest absolute Gasteiger partial charge is 0.513 e. The lowest BCUT2D eigenvalue weighted by molar-refractivity contribution is 0.0938. The lowest BCUT2D eigenvalue weighted by Gasteiger charge is -2.11. The van der Waals surface area contributed by atoms with Gasteiger partial charge in [-0.3, -0.25) is 0 Å². The van der Waals surface area contributed by atoms with Crippen LogP contribution in [-0.2, 0) is 9.47 Å². The van der Waals surface area contributed by atoms with Crippen LogP contribution in [0.1, 0.15) is 84.0 Å². The molecule has 0 aromatic heterocycles. The first-order chi connectivity index (χ1) is 10.2. The molecule has 1 aliphatic carbocycles.